The van der Waals surface area contributed by atoms with E-state index in [0.717, 1.165) is 17.9 Å². The van der Waals surface area contributed by atoms with Gasteiger partial charge in [-0.05, 0) is 36.5 Å². The number of carboxylic acids is 1. The van der Waals surface area contributed by atoms with Crippen molar-refractivity contribution < 1.29 is 9.90 Å². The number of thioether (sulfide) groups is 2. The predicted octanol–water partition coefficient (Wildman–Crippen LogP) is 10.1. The molecule has 1 atom stereocenters. The number of hydrogen-bond acceptors (Lipinski definition) is 3. The summed E-state index contributed by atoms with van der Waals surface area (Å²) in [5.41, 5.74) is 0. The van der Waals surface area contributed by atoms with Crippen LogP contribution in [0.1, 0.15) is 149 Å². The Balaban J connectivity index is 3.42. The second-order valence-corrected chi connectivity index (χ2v) is 12.0. The molecule has 32 heavy (non-hydrogen) atoms. The van der Waals surface area contributed by atoms with Crippen molar-refractivity contribution in [3.8, 4) is 0 Å². The number of carboxylic acid groups (broad SMARTS) is 1. The van der Waals surface area contributed by atoms with E-state index < -0.39 is 5.97 Å². The van der Waals surface area contributed by atoms with Gasteiger partial charge in [0.15, 0.2) is 0 Å². The van der Waals surface area contributed by atoms with Gasteiger partial charge < -0.3 is 5.11 Å². The van der Waals surface area contributed by atoms with Crippen molar-refractivity contribution >= 4 is 29.5 Å². The first kappa shape index (κ1) is 32.2. The number of aliphatic carboxylic acids is 1. The fourth-order valence-corrected chi connectivity index (χ4v) is 6.32. The van der Waals surface area contributed by atoms with Crippen molar-refractivity contribution in [2.45, 2.75) is 154 Å². The van der Waals surface area contributed by atoms with Crippen LogP contribution in [-0.4, -0.2) is 33.6 Å². The summed E-state index contributed by atoms with van der Waals surface area (Å²) in [5.74, 6) is 2.60. The SMILES string of the molecule is CCCCCCCCCCCCSCCC(SCCCCCCCCCCCC)C(=O)O. The van der Waals surface area contributed by atoms with Crippen LogP contribution in [0.25, 0.3) is 0 Å². The quantitative estimate of drug-likeness (QED) is 0.117. The highest BCUT2D eigenvalue weighted by molar-refractivity contribution is 8.01. The maximum Gasteiger partial charge on any atom is 0.316 e. The third-order valence-corrected chi connectivity index (χ3v) is 8.72. The summed E-state index contributed by atoms with van der Waals surface area (Å²) in [6.45, 7) is 4.54. The molecular formula is C28H56O2S2. The van der Waals surface area contributed by atoms with E-state index in [4.69, 9.17) is 0 Å². The lowest BCUT2D eigenvalue weighted by Crippen LogP contribution is -2.17. The lowest BCUT2D eigenvalue weighted by atomic mass is 10.1. The number of unbranched alkanes of at least 4 members (excludes halogenated alkanes) is 18. The second kappa shape index (κ2) is 27.4. The van der Waals surface area contributed by atoms with Crippen molar-refractivity contribution in [1.29, 1.82) is 0 Å². The Kier molecular flexibility index (Phi) is 27.6. The molecule has 0 saturated heterocycles. The summed E-state index contributed by atoms with van der Waals surface area (Å²) in [4.78, 5) is 11.5. The van der Waals surface area contributed by atoms with Crippen LogP contribution in [0.2, 0.25) is 0 Å². The van der Waals surface area contributed by atoms with Crippen LogP contribution in [-0.2, 0) is 4.79 Å². The van der Waals surface area contributed by atoms with Crippen molar-refractivity contribution in [2.75, 3.05) is 17.3 Å². The van der Waals surface area contributed by atoms with Crippen LogP contribution in [0.5, 0.6) is 0 Å². The second-order valence-electron chi connectivity index (χ2n) is 9.46. The topological polar surface area (TPSA) is 37.3 Å². The highest BCUT2D eigenvalue weighted by Crippen LogP contribution is 2.21. The smallest absolute Gasteiger partial charge is 0.316 e. The molecule has 0 aromatic carbocycles. The Bertz CT molecular complexity index is 376. The highest BCUT2D eigenvalue weighted by Gasteiger charge is 2.17. The monoisotopic (exact) mass is 488 g/mol. The van der Waals surface area contributed by atoms with Crippen molar-refractivity contribution in [3.63, 3.8) is 0 Å². The minimum Gasteiger partial charge on any atom is -0.480 e. The van der Waals surface area contributed by atoms with Crippen LogP contribution in [0, 0.1) is 0 Å². The first-order valence-corrected chi connectivity index (χ1v) is 16.3. The molecule has 4 heteroatoms. The molecule has 0 aromatic rings. The Morgan fingerprint density at radius 1 is 0.562 bits per heavy atom. The molecule has 1 N–H and O–H groups in total. The Hall–Kier alpha value is 0.170. The highest BCUT2D eigenvalue weighted by atomic mass is 32.2. The summed E-state index contributed by atoms with van der Waals surface area (Å²) in [6, 6.07) is 0. The zero-order chi connectivity index (χ0) is 23.5. The lowest BCUT2D eigenvalue weighted by molar-refractivity contribution is -0.136. The van der Waals surface area contributed by atoms with Gasteiger partial charge in [-0.3, -0.25) is 4.79 Å². The van der Waals surface area contributed by atoms with Crippen LogP contribution in [0.15, 0.2) is 0 Å². The molecule has 0 aliphatic rings. The molecule has 192 valence electrons. The Morgan fingerprint density at radius 2 is 0.938 bits per heavy atom. The van der Waals surface area contributed by atoms with E-state index in [9.17, 15) is 9.90 Å². The van der Waals surface area contributed by atoms with E-state index in [0.29, 0.717) is 0 Å². The summed E-state index contributed by atoms with van der Waals surface area (Å²) in [7, 11) is 0. The normalized spacial score (nSPS) is 12.3. The van der Waals surface area contributed by atoms with Gasteiger partial charge in [-0.25, -0.2) is 0 Å². The van der Waals surface area contributed by atoms with Gasteiger partial charge in [-0.15, -0.1) is 11.8 Å². The fourth-order valence-electron chi connectivity index (χ4n) is 4.08. The average molecular weight is 489 g/mol. The van der Waals surface area contributed by atoms with Gasteiger partial charge in [0.05, 0.1) is 0 Å². The first-order valence-electron chi connectivity index (χ1n) is 14.1. The largest absolute Gasteiger partial charge is 0.480 e. The number of carbonyl (C=O) groups is 1. The molecule has 2 nitrogen and oxygen atoms in total. The number of rotatable bonds is 27. The van der Waals surface area contributed by atoms with Gasteiger partial charge in [0.25, 0.3) is 0 Å². The molecule has 0 heterocycles. The number of hydrogen-bond donors (Lipinski definition) is 1. The van der Waals surface area contributed by atoms with Gasteiger partial charge in [-0.1, -0.05) is 129 Å². The average Bonchev–Trinajstić information content (AvgIpc) is 2.78. The molecule has 0 spiro atoms. The standard InChI is InChI=1S/C28H56O2S2/c1-3-5-7-9-11-13-15-17-19-21-24-31-26-23-27(28(29)30)32-25-22-20-18-16-14-12-10-8-6-4-2/h27H,3-26H2,1-2H3,(H,29,30). The van der Waals surface area contributed by atoms with Crippen molar-refractivity contribution in [3.05, 3.63) is 0 Å². The molecule has 0 aliphatic heterocycles. The van der Waals surface area contributed by atoms with E-state index >= 15 is 0 Å². The van der Waals surface area contributed by atoms with E-state index in [2.05, 4.69) is 13.8 Å². The van der Waals surface area contributed by atoms with Gasteiger partial charge in [0, 0.05) is 0 Å². The summed E-state index contributed by atoms with van der Waals surface area (Å²) in [6.07, 6.45) is 28.1. The Morgan fingerprint density at radius 3 is 1.34 bits per heavy atom. The summed E-state index contributed by atoms with van der Waals surface area (Å²) < 4.78 is 0. The van der Waals surface area contributed by atoms with Crippen molar-refractivity contribution in [2.24, 2.45) is 0 Å². The van der Waals surface area contributed by atoms with Crippen LogP contribution >= 0.6 is 23.5 Å². The van der Waals surface area contributed by atoms with E-state index in [1.165, 1.54) is 134 Å². The molecule has 0 rings (SSSR count). The van der Waals surface area contributed by atoms with E-state index in [1.54, 1.807) is 11.8 Å². The minimum absolute atomic E-state index is 0.200. The van der Waals surface area contributed by atoms with Gasteiger partial charge in [0.2, 0.25) is 0 Å². The fraction of sp³-hybridized carbons (Fsp3) is 0.964. The maximum atomic E-state index is 11.5. The van der Waals surface area contributed by atoms with E-state index in [-0.39, 0.29) is 5.25 Å². The molecule has 0 radical (unpaired) electrons. The maximum absolute atomic E-state index is 11.5. The van der Waals surface area contributed by atoms with Crippen LogP contribution < -0.4 is 0 Å². The third-order valence-electron chi connectivity index (χ3n) is 6.26. The lowest BCUT2D eigenvalue weighted by Gasteiger charge is -2.12. The van der Waals surface area contributed by atoms with Gasteiger partial charge in [0.1, 0.15) is 5.25 Å². The van der Waals surface area contributed by atoms with Crippen LogP contribution in [0.4, 0.5) is 0 Å². The molecule has 1 unspecified atom stereocenters. The molecule has 0 fully saturated rings. The molecule has 0 bridgehead atoms. The molecule has 0 aromatic heterocycles. The Labute approximate surface area is 210 Å². The predicted molar refractivity (Wildman–Crippen MR) is 150 cm³/mol. The summed E-state index contributed by atoms with van der Waals surface area (Å²) >= 11 is 3.64. The molecular weight excluding hydrogens is 432 g/mol. The van der Waals surface area contributed by atoms with Crippen LogP contribution in [0.3, 0.4) is 0 Å². The molecule has 0 aliphatic carbocycles. The first-order chi connectivity index (χ1) is 15.7. The van der Waals surface area contributed by atoms with Crippen molar-refractivity contribution in [1.82, 2.24) is 0 Å². The van der Waals surface area contributed by atoms with E-state index in [1.807, 2.05) is 11.8 Å². The van der Waals surface area contributed by atoms with Gasteiger partial charge in [-0.2, -0.15) is 11.8 Å². The zero-order valence-electron chi connectivity index (χ0n) is 21.7. The van der Waals surface area contributed by atoms with Gasteiger partial charge >= 0.3 is 5.97 Å². The molecule has 0 amide bonds. The minimum atomic E-state index is -0.610. The third kappa shape index (κ3) is 24.8. The molecule has 0 saturated carbocycles. The zero-order valence-corrected chi connectivity index (χ0v) is 23.4. The summed E-state index contributed by atoms with van der Waals surface area (Å²) in [5, 5.41) is 9.30.